The quantitative estimate of drug-likeness (QED) is 0.675. The highest BCUT2D eigenvalue weighted by molar-refractivity contribution is 7.10. The molecular weight excluding hydrogens is 156 g/mol. The summed E-state index contributed by atoms with van der Waals surface area (Å²) >= 11 is 1.79. The third-order valence-electron chi connectivity index (χ3n) is 1.61. The van der Waals surface area contributed by atoms with Gasteiger partial charge in [-0.15, -0.1) is 11.3 Å². The Morgan fingerprint density at radius 2 is 2.45 bits per heavy atom. The van der Waals surface area contributed by atoms with Gasteiger partial charge in [-0.25, -0.2) is 5.43 Å². The molecule has 3 heteroatoms. The van der Waals surface area contributed by atoms with E-state index in [0.29, 0.717) is 6.04 Å². The Morgan fingerprint density at radius 3 is 2.91 bits per heavy atom. The third kappa shape index (κ3) is 2.29. The van der Waals surface area contributed by atoms with Gasteiger partial charge in [0.1, 0.15) is 0 Å². The number of nitrogens with one attached hydrogen (secondary N) is 2. The zero-order valence-corrected chi connectivity index (χ0v) is 7.74. The van der Waals surface area contributed by atoms with Crippen LogP contribution in [0.4, 0.5) is 0 Å². The smallest absolute Gasteiger partial charge is 0.0552 e. The van der Waals surface area contributed by atoms with Gasteiger partial charge in [-0.05, 0) is 24.9 Å². The van der Waals surface area contributed by atoms with E-state index >= 15 is 0 Å². The summed E-state index contributed by atoms with van der Waals surface area (Å²) in [6.45, 7) is 2.18. The number of thiophene rings is 1. The fourth-order valence-corrected chi connectivity index (χ4v) is 1.90. The zero-order chi connectivity index (χ0) is 8.10. The lowest BCUT2D eigenvalue weighted by atomic mass is 10.2. The van der Waals surface area contributed by atoms with Gasteiger partial charge in [0, 0.05) is 4.88 Å². The van der Waals surface area contributed by atoms with Crippen molar-refractivity contribution >= 4 is 11.3 Å². The van der Waals surface area contributed by atoms with E-state index < -0.39 is 0 Å². The van der Waals surface area contributed by atoms with Crippen molar-refractivity contribution in [2.75, 3.05) is 7.05 Å². The Balaban J connectivity index is 2.56. The van der Waals surface area contributed by atoms with Crippen LogP contribution in [-0.2, 0) is 0 Å². The number of hydrogen-bond donors (Lipinski definition) is 2. The molecule has 0 aliphatic carbocycles. The van der Waals surface area contributed by atoms with E-state index in [1.807, 2.05) is 7.05 Å². The van der Waals surface area contributed by atoms with Gasteiger partial charge in [0.15, 0.2) is 0 Å². The van der Waals surface area contributed by atoms with Crippen molar-refractivity contribution in [3.05, 3.63) is 22.4 Å². The molecule has 0 spiro atoms. The molecule has 11 heavy (non-hydrogen) atoms. The molecule has 1 heterocycles. The van der Waals surface area contributed by atoms with Crippen molar-refractivity contribution in [1.82, 2.24) is 10.9 Å². The molecule has 0 radical (unpaired) electrons. The Labute approximate surface area is 71.6 Å². The molecule has 0 fully saturated rings. The molecule has 1 aromatic heterocycles. The average molecular weight is 170 g/mol. The van der Waals surface area contributed by atoms with Crippen molar-refractivity contribution < 1.29 is 0 Å². The maximum Gasteiger partial charge on any atom is 0.0552 e. The molecule has 1 rings (SSSR count). The predicted octanol–water partition coefficient (Wildman–Crippen LogP) is 1.92. The first kappa shape index (κ1) is 8.71. The van der Waals surface area contributed by atoms with Crippen LogP contribution >= 0.6 is 11.3 Å². The van der Waals surface area contributed by atoms with Crippen LogP contribution < -0.4 is 10.9 Å². The van der Waals surface area contributed by atoms with Gasteiger partial charge in [0.25, 0.3) is 0 Å². The van der Waals surface area contributed by atoms with E-state index in [2.05, 4.69) is 35.3 Å². The normalized spacial score (nSPS) is 13.3. The van der Waals surface area contributed by atoms with Crippen molar-refractivity contribution in [3.63, 3.8) is 0 Å². The highest BCUT2D eigenvalue weighted by Crippen LogP contribution is 2.20. The van der Waals surface area contributed by atoms with Crippen LogP contribution in [0.25, 0.3) is 0 Å². The largest absolute Gasteiger partial charge is 0.260 e. The van der Waals surface area contributed by atoms with Crippen LogP contribution in [0.5, 0.6) is 0 Å². The van der Waals surface area contributed by atoms with Gasteiger partial charge in [-0.2, -0.15) is 0 Å². The summed E-state index contributed by atoms with van der Waals surface area (Å²) in [6, 6.07) is 4.70. The lowest BCUT2D eigenvalue weighted by molar-refractivity contribution is 0.469. The van der Waals surface area contributed by atoms with Crippen LogP contribution in [0.15, 0.2) is 17.5 Å². The van der Waals surface area contributed by atoms with Gasteiger partial charge in [-0.1, -0.05) is 13.0 Å². The SMILES string of the molecule is CCC(NNC)c1cccs1. The second-order valence-corrected chi connectivity index (χ2v) is 3.35. The molecule has 0 amide bonds. The minimum absolute atomic E-state index is 0.458. The van der Waals surface area contributed by atoms with E-state index in [1.165, 1.54) is 4.88 Å². The van der Waals surface area contributed by atoms with Gasteiger partial charge in [0.2, 0.25) is 0 Å². The maximum absolute atomic E-state index is 3.20. The molecule has 0 aromatic carbocycles. The van der Waals surface area contributed by atoms with Crippen LogP contribution in [-0.4, -0.2) is 7.05 Å². The molecular formula is C8H14N2S. The predicted molar refractivity (Wildman–Crippen MR) is 49.5 cm³/mol. The molecule has 0 saturated carbocycles. The van der Waals surface area contributed by atoms with Crippen LogP contribution in [0, 0.1) is 0 Å². The maximum atomic E-state index is 3.20. The number of hydrazine groups is 1. The van der Waals surface area contributed by atoms with Crippen molar-refractivity contribution in [1.29, 1.82) is 0 Å². The lowest BCUT2D eigenvalue weighted by Crippen LogP contribution is -2.31. The molecule has 0 saturated heterocycles. The van der Waals surface area contributed by atoms with Gasteiger partial charge in [-0.3, -0.25) is 5.43 Å². The summed E-state index contributed by atoms with van der Waals surface area (Å²) in [6.07, 6.45) is 1.11. The van der Waals surface area contributed by atoms with E-state index in [0.717, 1.165) is 6.42 Å². The summed E-state index contributed by atoms with van der Waals surface area (Å²) in [5.41, 5.74) is 6.16. The van der Waals surface area contributed by atoms with Crippen LogP contribution in [0.2, 0.25) is 0 Å². The summed E-state index contributed by atoms with van der Waals surface area (Å²) in [4.78, 5) is 1.39. The first-order valence-electron chi connectivity index (χ1n) is 3.84. The summed E-state index contributed by atoms with van der Waals surface area (Å²) in [7, 11) is 1.90. The van der Waals surface area contributed by atoms with Crippen LogP contribution in [0.3, 0.4) is 0 Å². The average Bonchev–Trinajstić information content (AvgIpc) is 2.52. The standard InChI is InChI=1S/C8H14N2S/c1-3-7(10-9-2)8-5-4-6-11-8/h4-7,9-10H,3H2,1-2H3. The topological polar surface area (TPSA) is 24.1 Å². The Hall–Kier alpha value is -0.380. The Morgan fingerprint density at radius 1 is 1.64 bits per heavy atom. The van der Waals surface area contributed by atoms with E-state index in [-0.39, 0.29) is 0 Å². The highest BCUT2D eigenvalue weighted by Gasteiger charge is 2.06. The second kappa shape index (κ2) is 4.49. The van der Waals surface area contributed by atoms with E-state index in [4.69, 9.17) is 0 Å². The molecule has 1 atom stereocenters. The summed E-state index contributed by atoms with van der Waals surface area (Å²) in [5.74, 6) is 0. The number of rotatable bonds is 4. The third-order valence-corrected chi connectivity index (χ3v) is 2.60. The zero-order valence-electron chi connectivity index (χ0n) is 6.92. The molecule has 0 aliphatic rings. The fraction of sp³-hybridized carbons (Fsp3) is 0.500. The first-order chi connectivity index (χ1) is 5.38. The molecule has 1 unspecified atom stereocenters. The second-order valence-electron chi connectivity index (χ2n) is 2.37. The summed E-state index contributed by atoms with van der Waals surface area (Å²) < 4.78 is 0. The van der Waals surface area contributed by atoms with Crippen molar-refractivity contribution in [3.8, 4) is 0 Å². The molecule has 0 bridgehead atoms. The Bertz CT molecular complexity index is 184. The molecule has 2 N–H and O–H groups in total. The van der Waals surface area contributed by atoms with E-state index in [1.54, 1.807) is 11.3 Å². The van der Waals surface area contributed by atoms with Crippen molar-refractivity contribution in [2.24, 2.45) is 0 Å². The van der Waals surface area contributed by atoms with Gasteiger partial charge < -0.3 is 0 Å². The molecule has 2 nitrogen and oxygen atoms in total. The molecule has 62 valence electrons. The summed E-state index contributed by atoms with van der Waals surface area (Å²) in [5, 5.41) is 2.11. The minimum atomic E-state index is 0.458. The monoisotopic (exact) mass is 170 g/mol. The number of hydrogen-bond acceptors (Lipinski definition) is 3. The molecule has 0 aliphatic heterocycles. The lowest BCUT2D eigenvalue weighted by Gasteiger charge is -2.13. The van der Waals surface area contributed by atoms with Crippen LogP contribution in [0.1, 0.15) is 24.3 Å². The van der Waals surface area contributed by atoms with Gasteiger partial charge >= 0.3 is 0 Å². The first-order valence-corrected chi connectivity index (χ1v) is 4.72. The van der Waals surface area contributed by atoms with Crippen molar-refractivity contribution in [2.45, 2.75) is 19.4 Å². The fourth-order valence-electron chi connectivity index (χ4n) is 1.04. The minimum Gasteiger partial charge on any atom is -0.260 e. The highest BCUT2D eigenvalue weighted by atomic mass is 32.1. The Kier molecular flexibility index (Phi) is 3.56. The van der Waals surface area contributed by atoms with E-state index in [9.17, 15) is 0 Å². The molecule has 1 aromatic rings. The van der Waals surface area contributed by atoms with Gasteiger partial charge in [0.05, 0.1) is 6.04 Å².